The van der Waals surface area contributed by atoms with Gasteiger partial charge in [0.1, 0.15) is 11.3 Å². The number of carbonyl (C=O) groups excluding carboxylic acids is 2. The highest BCUT2D eigenvalue weighted by molar-refractivity contribution is 7.09. The highest BCUT2D eigenvalue weighted by Gasteiger charge is 2.12. The molecule has 3 rings (SSSR count). The van der Waals surface area contributed by atoms with Gasteiger partial charge in [0.05, 0.1) is 18.3 Å². The van der Waals surface area contributed by atoms with Crippen LogP contribution in [0, 0.1) is 5.92 Å². The van der Waals surface area contributed by atoms with E-state index in [2.05, 4.69) is 17.1 Å². The summed E-state index contributed by atoms with van der Waals surface area (Å²) in [4.78, 5) is 26.4. The quantitative estimate of drug-likeness (QED) is 0.220. The Bertz CT molecular complexity index is 928. The largest absolute Gasteiger partial charge is 0.463 e. The van der Waals surface area contributed by atoms with Gasteiger partial charge in [-0.15, -0.1) is 11.3 Å². The number of nitrogens with two attached hydrogens (primary N) is 1. The molecule has 0 radical (unpaired) electrons. The third-order valence-corrected chi connectivity index (χ3v) is 6.41. The van der Waals surface area contributed by atoms with Crippen LogP contribution in [0.25, 0.3) is 6.08 Å². The van der Waals surface area contributed by atoms with Crippen LogP contribution in [0.15, 0.2) is 52.9 Å². The van der Waals surface area contributed by atoms with Gasteiger partial charge in [0.2, 0.25) is 0 Å². The maximum Gasteiger partial charge on any atom is 0.333 e. The third kappa shape index (κ3) is 9.84. The zero-order valence-electron chi connectivity index (χ0n) is 20.0. The van der Waals surface area contributed by atoms with Gasteiger partial charge in [-0.2, -0.15) is 0 Å². The van der Waals surface area contributed by atoms with Crippen LogP contribution in [0.4, 0.5) is 0 Å². The first-order valence-corrected chi connectivity index (χ1v) is 12.5. The molecule has 0 saturated heterocycles. The molecule has 0 amide bonds. The molecule has 6 heteroatoms. The lowest BCUT2D eigenvalue weighted by Gasteiger charge is -2.14. The van der Waals surface area contributed by atoms with Crippen molar-refractivity contribution in [3.05, 3.63) is 69.2 Å². The molecule has 1 fully saturated rings. The molecule has 1 aliphatic rings. The van der Waals surface area contributed by atoms with E-state index in [1.165, 1.54) is 24.8 Å². The van der Waals surface area contributed by atoms with E-state index >= 15 is 0 Å². The van der Waals surface area contributed by atoms with Crippen molar-refractivity contribution in [2.24, 2.45) is 11.7 Å². The number of carbonyl (C=O) groups is 2. The predicted molar refractivity (Wildman–Crippen MR) is 136 cm³/mol. The fourth-order valence-electron chi connectivity index (χ4n) is 3.68. The van der Waals surface area contributed by atoms with Crippen LogP contribution in [0.2, 0.25) is 0 Å². The number of aldehydes is 1. The molecule has 0 aliphatic heterocycles. The molecular formula is C27H36N2O3S. The summed E-state index contributed by atoms with van der Waals surface area (Å²) < 4.78 is 4.98. The van der Waals surface area contributed by atoms with E-state index < -0.39 is 0 Å². The highest BCUT2D eigenvalue weighted by Crippen LogP contribution is 2.22. The summed E-state index contributed by atoms with van der Waals surface area (Å²) in [6.07, 6.45) is 11.8. The minimum Gasteiger partial charge on any atom is -0.463 e. The van der Waals surface area contributed by atoms with Crippen LogP contribution < -0.4 is 5.73 Å². The van der Waals surface area contributed by atoms with Gasteiger partial charge < -0.3 is 15.3 Å². The fraction of sp³-hybridized carbons (Fsp3) is 0.444. The van der Waals surface area contributed by atoms with Gasteiger partial charge in [-0.05, 0) is 63.3 Å². The molecule has 1 aromatic heterocycles. The van der Waals surface area contributed by atoms with Gasteiger partial charge in [0.15, 0.2) is 0 Å². The normalized spacial score (nSPS) is 15.9. The number of rotatable bonds is 8. The lowest BCUT2D eigenvalue weighted by atomic mass is 9.91. The van der Waals surface area contributed by atoms with Crippen molar-refractivity contribution in [1.82, 2.24) is 4.98 Å². The van der Waals surface area contributed by atoms with Crippen molar-refractivity contribution >= 4 is 29.7 Å². The average molecular weight is 469 g/mol. The third-order valence-electron chi connectivity index (χ3n) is 5.41. The minimum absolute atomic E-state index is 0.119. The van der Waals surface area contributed by atoms with Crippen molar-refractivity contribution in [2.45, 2.75) is 65.3 Å². The lowest BCUT2D eigenvalue weighted by molar-refractivity contribution is -0.138. The molecule has 1 atom stereocenters. The Morgan fingerprint density at radius 3 is 2.52 bits per heavy atom. The van der Waals surface area contributed by atoms with Crippen LogP contribution >= 0.6 is 11.3 Å². The van der Waals surface area contributed by atoms with E-state index in [4.69, 9.17) is 10.5 Å². The van der Waals surface area contributed by atoms with E-state index in [1.807, 2.05) is 36.6 Å². The van der Waals surface area contributed by atoms with Gasteiger partial charge in [-0.3, -0.25) is 0 Å². The minimum atomic E-state index is -0.292. The number of esters is 1. The molecule has 1 saturated carbocycles. The number of aromatic nitrogens is 1. The molecule has 178 valence electrons. The predicted octanol–water partition coefficient (Wildman–Crippen LogP) is 6.06. The maximum absolute atomic E-state index is 11.7. The van der Waals surface area contributed by atoms with E-state index in [0.29, 0.717) is 18.1 Å². The number of benzene rings is 1. The summed E-state index contributed by atoms with van der Waals surface area (Å²) in [7, 11) is 0. The standard InChI is InChI=1S/C20H24N2O2S.C7H12O/c1-4-24-20(23)15(3)10-14(2)11-17-13-25-19(22-17)18(21)12-16-8-6-5-7-9-16;8-6-7-4-2-1-3-5-7/h5-11,13,18H,4,12,21H2,1-3H3;6-7H,1-5H2/b14-11+,15-10-;. The number of allylic oxidation sites excluding steroid dienone is 2. The van der Waals surface area contributed by atoms with Crippen LogP contribution in [0.5, 0.6) is 0 Å². The van der Waals surface area contributed by atoms with Gasteiger partial charge in [-0.25, -0.2) is 9.78 Å². The average Bonchev–Trinajstić information content (AvgIpc) is 3.29. The first-order chi connectivity index (χ1) is 15.9. The molecular weight excluding hydrogens is 432 g/mol. The zero-order chi connectivity index (χ0) is 24.1. The highest BCUT2D eigenvalue weighted by atomic mass is 32.1. The summed E-state index contributed by atoms with van der Waals surface area (Å²) in [5, 5.41) is 2.89. The van der Waals surface area contributed by atoms with Crippen molar-refractivity contribution in [1.29, 1.82) is 0 Å². The molecule has 2 aromatic rings. The fourth-order valence-corrected chi connectivity index (χ4v) is 4.46. The zero-order valence-corrected chi connectivity index (χ0v) is 20.8. The Kier molecular flexibility index (Phi) is 11.8. The van der Waals surface area contributed by atoms with Gasteiger partial charge in [-0.1, -0.05) is 49.6 Å². The van der Waals surface area contributed by atoms with E-state index in [-0.39, 0.29) is 12.0 Å². The van der Waals surface area contributed by atoms with E-state index in [0.717, 1.165) is 41.8 Å². The first kappa shape index (κ1) is 26.7. The topological polar surface area (TPSA) is 82.3 Å². The molecule has 33 heavy (non-hydrogen) atoms. The van der Waals surface area contributed by atoms with Crippen molar-refractivity contribution in [2.75, 3.05) is 6.61 Å². The molecule has 0 spiro atoms. The lowest BCUT2D eigenvalue weighted by Crippen LogP contribution is -2.13. The Hall–Kier alpha value is -2.57. The number of hydrogen-bond acceptors (Lipinski definition) is 6. The van der Waals surface area contributed by atoms with Crippen molar-refractivity contribution in [3.63, 3.8) is 0 Å². The molecule has 1 heterocycles. The van der Waals surface area contributed by atoms with E-state index in [9.17, 15) is 9.59 Å². The number of nitrogens with zero attached hydrogens (tertiary/aromatic N) is 1. The van der Waals surface area contributed by atoms with Gasteiger partial charge in [0, 0.05) is 16.9 Å². The smallest absolute Gasteiger partial charge is 0.333 e. The second-order valence-electron chi connectivity index (χ2n) is 8.38. The number of ether oxygens (including phenoxy) is 1. The first-order valence-electron chi connectivity index (χ1n) is 11.7. The Morgan fingerprint density at radius 2 is 1.91 bits per heavy atom. The van der Waals surface area contributed by atoms with Crippen molar-refractivity contribution < 1.29 is 14.3 Å². The second-order valence-corrected chi connectivity index (χ2v) is 9.27. The van der Waals surface area contributed by atoms with Crippen LogP contribution in [-0.2, 0) is 20.7 Å². The Labute approximate surface area is 201 Å². The van der Waals surface area contributed by atoms with Gasteiger partial charge in [0.25, 0.3) is 0 Å². The molecule has 2 N–H and O–H groups in total. The maximum atomic E-state index is 11.7. The van der Waals surface area contributed by atoms with Crippen molar-refractivity contribution in [3.8, 4) is 0 Å². The van der Waals surface area contributed by atoms with Crippen LogP contribution in [-0.4, -0.2) is 23.8 Å². The molecule has 1 unspecified atom stereocenters. The summed E-state index contributed by atoms with van der Waals surface area (Å²) in [6, 6.07) is 10.0. The number of thiazole rings is 1. The SMILES string of the molecule is CCOC(=O)/C(C)=C\C(C)=C\c1csc(C(N)Cc2ccccc2)n1.O=CC1CCCCC1. The van der Waals surface area contributed by atoms with Crippen LogP contribution in [0.1, 0.15) is 75.2 Å². The summed E-state index contributed by atoms with van der Waals surface area (Å²) >= 11 is 1.56. The second kappa shape index (κ2) is 14.6. The Morgan fingerprint density at radius 1 is 1.21 bits per heavy atom. The Balaban J connectivity index is 0.000000405. The molecule has 5 nitrogen and oxygen atoms in total. The molecule has 1 aliphatic carbocycles. The van der Waals surface area contributed by atoms with Crippen LogP contribution in [0.3, 0.4) is 0 Å². The monoisotopic (exact) mass is 468 g/mol. The summed E-state index contributed by atoms with van der Waals surface area (Å²) in [6.45, 7) is 5.86. The van der Waals surface area contributed by atoms with E-state index in [1.54, 1.807) is 31.3 Å². The van der Waals surface area contributed by atoms with Gasteiger partial charge >= 0.3 is 5.97 Å². The summed E-state index contributed by atoms with van der Waals surface area (Å²) in [5.41, 5.74) is 9.85. The number of hydrogen-bond donors (Lipinski definition) is 1. The molecule has 1 aromatic carbocycles. The summed E-state index contributed by atoms with van der Waals surface area (Å²) in [5.74, 6) is 0.114. The molecule has 0 bridgehead atoms.